The van der Waals surface area contributed by atoms with Crippen molar-refractivity contribution in [2.24, 2.45) is 5.73 Å². The van der Waals surface area contributed by atoms with E-state index in [9.17, 15) is 0 Å². The van der Waals surface area contributed by atoms with Crippen molar-refractivity contribution in [2.45, 2.75) is 22.8 Å². The van der Waals surface area contributed by atoms with Crippen LogP contribution in [0.2, 0.25) is 0 Å². The lowest BCUT2D eigenvalue weighted by atomic mass is 10.1. The molecule has 1 atom stereocenters. The molecule has 1 aliphatic rings. The maximum Gasteiger partial charge on any atom is 0.162 e. The lowest BCUT2D eigenvalue weighted by Crippen LogP contribution is -2.15. The molecule has 0 bridgehead atoms. The van der Waals surface area contributed by atoms with Crippen LogP contribution in [0.15, 0.2) is 50.7 Å². The fourth-order valence-corrected chi connectivity index (χ4v) is 3.59. The first-order chi connectivity index (χ1) is 10.1. The molecule has 0 aliphatic carbocycles. The third-order valence-electron chi connectivity index (χ3n) is 3.22. The molecule has 2 aromatic rings. The zero-order valence-electron chi connectivity index (χ0n) is 11.6. The minimum atomic E-state index is 0.0367. The van der Waals surface area contributed by atoms with E-state index in [1.807, 2.05) is 25.1 Å². The topological polar surface area (TPSA) is 44.5 Å². The van der Waals surface area contributed by atoms with Gasteiger partial charge in [-0.05, 0) is 58.7 Å². The summed E-state index contributed by atoms with van der Waals surface area (Å²) in [4.78, 5) is 2.27. The van der Waals surface area contributed by atoms with Crippen LogP contribution in [0.4, 0.5) is 0 Å². The molecule has 0 fully saturated rings. The van der Waals surface area contributed by atoms with Crippen molar-refractivity contribution >= 4 is 27.7 Å². The summed E-state index contributed by atoms with van der Waals surface area (Å²) in [7, 11) is 0. The van der Waals surface area contributed by atoms with Crippen molar-refractivity contribution in [3.63, 3.8) is 0 Å². The third kappa shape index (κ3) is 3.36. The summed E-state index contributed by atoms with van der Waals surface area (Å²) in [6.07, 6.45) is 0. The van der Waals surface area contributed by atoms with Crippen LogP contribution >= 0.6 is 27.7 Å². The van der Waals surface area contributed by atoms with Gasteiger partial charge < -0.3 is 15.2 Å². The molecule has 1 heterocycles. The molecule has 2 N–H and O–H groups in total. The molecule has 0 aromatic heterocycles. The summed E-state index contributed by atoms with van der Waals surface area (Å²) >= 11 is 5.30. The lowest BCUT2D eigenvalue weighted by molar-refractivity contribution is 0.171. The van der Waals surface area contributed by atoms with E-state index in [1.54, 1.807) is 11.8 Å². The highest BCUT2D eigenvalue weighted by Gasteiger charge is 2.13. The summed E-state index contributed by atoms with van der Waals surface area (Å²) in [5, 5.41) is 0. The second kappa shape index (κ2) is 6.30. The van der Waals surface area contributed by atoms with E-state index in [-0.39, 0.29) is 6.04 Å². The normalized spacial score (nSPS) is 14.8. The van der Waals surface area contributed by atoms with Crippen LogP contribution in [0.5, 0.6) is 11.5 Å². The second-order valence-electron chi connectivity index (χ2n) is 4.89. The molecule has 3 nitrogen and oxygen atoms in total. The van der Waals surface area contributed by atoms with Gasteiger partial charge in [0.15, 0.2) is 11.5 Å². The molecule has 110 valence electrons. The molecule has 0 amide bonds. The van der Waals surface area contributed by atoms with E-state index in [4.69, 9.17) is 15.2 Å². The summed E-state index contributed by atoms with van der Waals surface area (Å²) in [6.45, 7) is 3.20. The molecule has 21 heavy (non-hydrogen) atoms. The highest BCUT2D eigenvalue weighted by Crippen LogP contribution is 2.39. The molecular weight excluding hydrogens is 350 g/mol. The van der Waals surface area contributed by atoms with E-state index in [0.717, 1.165) is 31.3 Å². The predicted molar refractivity (Wildman–Crippen MR) is 88.3 cm³/mol. The quantitative estimate of drug-likeness (QED) is 0.875. The van der Waals surface area contributed by atoms with Gasteiger partial charge in [0, 0.05) is 20.3 Å². The van der Waals surface area contributed by atoms with Gasteiger partial charge >= 0.3 is 0 Å². The Bertz CT molecular complexity index is 661. The fraction of sp³-hybridized carbons (Fsp3) is 0.250. The SMILES string of the molecule is C[C@@H](N)c1ccc(Sc2ccc3c(c2)OCCO3)c(Br)c1. The Labute approximate surface area is 137 Å². The molecular formula is C16H16BrNO2S. The number of fused-ring (bicyclic) bond motifs is 1. The molecule has 0 radical (unpaired) electrons. The highest BCUT2D eigenvalue weighted by molar-refractivity contribution is 9.10. The van der Waals surface area contributed by atoms with Crippen molar-refractivity contribution in [2.75, 3.05) is 13.2 Å². The van der Waals surface area contributed by atoms with Crippen molar-refractivity contribution in [3.05, 3.63) is 46.4 Å². The largest absolute Gasteiger partial charge is 0.486 e. The van der Waals surface area contributed by atoms with Gasteiger partial charge in [-0.2, -0.15) is 0 Å². The summed E-state index contributed by atoms with van der Waals surface area (Å²) in [6, 6.07) is 12.3. The maximum absolute atomic E-state index is 5.90. The minimum Gasteiger partial charge on any atom is -0.486 e. The maximum atomic E-state index is 5.90. The second-order valence-corrected chi connectivity index (χ2v) is 6.86. The first-order valence-corrected chi connectivity index (χ1v) is 8.37. The van der Waals surface area contributed by atoms with Gasteiger partial charge in [0.1, 0.15) is 13.2 Å². The smallest absolute Gasteiger partial charge is 0.162 e. The van der Waals surface area contributed by atoms with E-state index < -0.39 is 0 Å². The third-order valence-corrected chi connectivity index (χ3v) is 5.21. The van der Waals surface area contributed by atoms with E-state index in [1.165, 1.54) is 0 Å². The first kappa shape index (κ1) is 14.8. The number of hydrogen-bond donors (Lipinski definition) is 1. The summed E-state index contributed by atoms with van der Waals surface area (Å²) in [5.41, 5.74) is 7.02. The monoisotopic (exact) mass is 365 g/mol. The van der Waals surface area contributed by atoms with Crippen LogP contribution in [0.3, 0.4) is 0 Å². The Balaban J connectivity index is 1.83. The lowest BCUT2D eigenvalue weighted by Gasteiger charge is -2.18. The molecule has 2 aromatic carbocycles. The fourth-order valence-electron chi connectivity index (χ4n) is 2.10. The van der Waals surface area contributed by atoms with Crippen molar-refractivity contribution < 1.29 is 9.47 Å². The van der Waals surface area contributed by atoms with Gasteiger partial charge in [-0.1, -0.05) is 17.8 Å². The van der Waals surface area contributed by atoms with Gasteiger partial charge in [-0.3, -0.25) is 0 Å². The standard InChI is InChI=1S/C16H16BrNO2S/c1-10(18)11-2-5-16(13(17)8-11)21-12-3-4-14-15(9-12)20-7-6-19-14/h2-5,8-10H,6-7,18H2,1H3/t10-/m1/s1. The summed E-state index contributed by atoms with van der Waals surface area (Å²) < 4.78 is 12.2. The van der Waals surface area contributed by atoms with E-state index in [2.05, 4.69) is 34.1 Å². The van der Waals surface area contributed by atoms with Crippen LogP contribution in [0, 0.1) is 0 Å². The number of nitrogens with two attached hydrogens (primary N) is 1. The van der Waals surface area contributed by atoms with Gasteiger partial charge in [-0.25, -0.2) is 0 Å². The van der Waals surface area contributed by atoms with Gasteiger partial charge in [0.25, 0.3) is 0 Å². The Morgan fingerprint density at radius 2 is 1.86 bits per heavy atom. The van der Waals surface area contributed by atoms with Crippen LogP contribution in [0.25, 0.3) is 0 Å². The van der Waals surface area contributed by atoms with Crippen molar-refractivity contribution in [1.29, 1.82) is 0 Å². The Kier molecular flexibility index (Phi) is 4.42. The summed E-state index contributed by atoms with van der Waals surface area (Å²) in [5.74, 6) is 1.63. The van der Waals surface area contributed by atoms with E-state index >= 15 is 0 Å². The molecule has 0 spiro atoms. The molecule has 0 unspecified atom stereocenters. The molecule has 0 saturated heterocycles. The zero-order chi connectivity index (χ0) is 14.8. The Morgan fingerprint density at radius 1 is 1.10 bits per heavy atom. The number of ether oxygens (including phenoxy) is 2. The highest BCUT2D eigenvalue weighted by atomic mass is 79.9. The van der Waals surface area contributed by atoms with Crippen LogP contribution < -0.4 is 15.2 Å². The van der Waals surface area contributed by atoms with Gasteiger partial charge in [0.05, 0.1) is 0 Å². The average Bonchev–Trinajstić information content (AvgIpc) is 2.49. The van der Waals surface area contributed by atoms with Gasteiger partial charge in [-0.15, -0.1) is 0 Å². The molecule has 5 heteroatoms. The zero-order valence-corrected chi connectivity index (χ0v) is 14.0. The number of rotatable bonds is 3. The molecule has 3 rings (SSSR count). The Morgan fingerprint density at radius 3 is 2.57 bits per heavy atom. The minimum absolute atomic E-state index is 0.0367. The average molecular weight is 366 g/mol. The van der Waals surface area contributed by atoms with Crippen LogP contribution in [-0.2, 0) is 0 Å². The van der Waals surface area contributed by atoms with E-state index in [0.29, 0.717) is 13.2 Å². The predicted octanol–water partition coefficient (Wildman–Crippen LogP) is 4.39. The Hall–Kier alpha value is -1.17. The van der Waals surface area contributed by atoms with Crippen LogP contribution in [-0.4, -0.2) is 13.2 Å². The molecule has 0 saturated carbocycles. The number of benzene rings is 2. The van der Waals surface area contributed by atoms with Crippen molar-refractivity contribution in [1.82, 2.24) is 0 Å². The number of hydrogen-bond acceptors (Lipinski definition) is 4. The van der Waals surface area contributed by atoms with Crippen LogP contribution in [0.1, 0.15) is 18.5 Å². The number of halogens is 1. The first-order valence-electron chi connectivity index (χ1n) is 6.76. The van der Waals surface area contributed by atoms with Crippen molar-refractivity contribution in [3.8, 4) is 11.5 Å². The molecule has 1 aliphatic heterocycles. The van der Waals surface area contributed by atoms with Gasteiger partial charge in [0.2, 0.25) is 0 Å².